The first-order valence-corrected chi connectivity index (χ1v) is 7.80. The minimum atomic E-state index is -0.408. The fraction of sp³-hybridized carbons (Fsp3) is 0.562. The molecule has 2 N–H and O–H groups in total. The molecule has 1 amide bonds. The van der Waals surface area contributed by atoms with Crippen molar-refractivity contribution in [3.8, 4) is 0 Å². The Morgan fingerprint density at radius 1 is 1.18 bits per heavy atom. The SMILES string of the molecule is O=C(NCCOCCN1CCNCC1)OCc1ccccc1. The van der Waals surface area contributed by atoms with Gasteiger partial charge in [-0.3, -0.25) is 4.90 Å². The van der Waals surface area contributed by atoms with Gasteiger partial charge in [-0.1, -0.05) is 30.3 Å². The molecule has 2 rings (SSSR count). The number of ether oxygens (including phenoxy) is 2. The van der Waals surface area contributed by atoms with E-state index in [1.165, 1.54) is 0 Å². The van der Waals surface area contributed by atoms with E-state index in [-0.39, 0.29) is 6.61 Å². The van der Waals surface area contributed by atoms with Crippen molar-refractivity contribution in [3.05, 3.63) is 35.9 Å². The molecule has 6 heteroatoms. The van der Waals surface area contributed by atoms with Gasteiger partial charge in [-0.05, 0) is 5.56 Å². The van der Waals surface area contributed by atoms with E-state index in [0.29, 0.717) is 19.8 Å². The van der Waals surface area contributed by atoms with E-state index in [4.69, 9.17) is 9.47 Å². The summed E-state index contributed by atoms with van der Waals surface area (Å²) < 4.78 is 10.6. The molecule has 0 aliphatic carbocycles. The molecular weight excluding hydrogens is 282 g/mol. The molecule has 122 valence electrons. The first-order chi connectivity index (χ1) is 10.8. The van der Waals surface area contributed by atoms with Gasteiger partial charge in [-0.2, -0.15) is 0 Å². The zero-order chi connectivity index (χ0) is 15.5. The highest BCUT2D eigenvalue weighted by atomic mass is 16.5. The van der Waals surface area contributed by atoms with Gasteiger partial charge in [-0.25, -0.2) is 4.79 Å². The molecule has 6 nitrogen and oxygen atoms in total. The van der Waals surface area contributed by atoms with Gasteiger partial charge in [-0.15, -0.1) is 0 Å². The third-order valence-electron chi connectivity index (χ3n) is 3.49. The summed E-state index contributed by atoms with van der Waals surface area (Å²) in [5.74, 6) is 0. The van der Waals surface area contributed by atoms with Gasteiger partial charge in [0, 0.05) is 39.3 Å². The van der Waals surface area contributed by atoms with E-state index in [0.717, 1.165) is 38.3 Å². The minimum Gasteiger partial charge on any atom is -0.445 e. The van der Waals surface area contributed by atoms with Crippen LogP contribution in [-0.4, -0.2) is 63.5 Å². The summed E-state index contributed by atoms with van der Waals surface area (Å²) in [6, 6.07) is 9.62. The van der Waals surface area contributed by atoms with E-state index in [9.17, 15) is 4.79 Å². The lowest BCUT2D eigenvalue weighted by Gasteiger charge is -2.26. The zero-order valence-corrected chi connectivity index (χ0v) is 12.9. The number of nitrogens with one attached hydrogen (secondary N) is 2. The van der Waals surface area contributed by atoms with Gasteiger partial charge in [0.15, 0.2) is 0 Å². The molecule has 1 fully saturated rings. The summed E-state index contributed by atoms with van der Waals surface area (Å²) in [4.78, 5) is 13.9. The topological polar surface area (TPSA) is 62.8 Å². The van der Waals surface area contributed by atoms with Crippen molar-refractivity contribution in [1.29, 1.82) is 0 Å². The Hall–Kier alpha value is -1.63. The van der Waals surface area contributed by atoms with Crippen LogP contribution in [0.4, 0.5) is 4.79 Å². The number of piperazine rings is 1. The summed E-state index contributed by atoms with van der Waals surface area (Å²) in [5.41, 5.74) is 0.977. The molecule has 0 radical (unpaired) electrons. The lowest BCUT2D eigenvalue weighted by atomic mass is 10.2. The van der Waals surface area contributed by atoms with Crippen LogP contribution in [0.3, 0.4) is 0 Å². The maximum atomic E-state index is 11.5. The quantitative estimate of drug-likeness (QED) is 0.697. The van der Waals surface area contributed by atoms with Crippen LogP contribution >= 0.6 is 0 Å². The van der Waals surface area contributed by atoms with Crippen molar-refractivity contribution in [1.82, 2.24) is 15.5 Å². The highest BCUT2D eigenvalue weighted by Crippen LogP contribution is 2.00. The van der Waals surface area contributed by atoms with Crippen molar-refractivity contribution < 1.29 is 14.3 Å². The molecule has 1 aromatic rings. The average molecular weight is 307 g/mol. The van der Waals surface area contributed by atoms with E-state index in [1.807, 2.05) is 30.3 Å². The van der Waals surface area contributed by atoms with E-state index >= 15 is 0 Å². The first kappa shape index (κ1) is 16.7. The number of carbonyl (C=O) groups is 1. The molecule has 0 atom stereocenters. The van der Waals surface area contributed by atoms with Gasteiger partial charge >= 0.3 is 6.09 Å². The lowest BCUT2D eigenvalue weighted by molar-refractivity contribution is 0.0958. The highest BCUT2D eigenvalue weighted by molar-refractivity contribution is 5.67. The second-order valence-electron chi connectivity index (χ2n) is 5.19. The molecule has 1 saturated heterocycles. The predicted molar refractivity (Wildman–Crippen MR) is 84.8 cm³/mol. The third-order valence-corrected chi connectivity index (χ3v) is 3.49. The summed E-state index contributed by atoms with van der Waals surface area (Å²) in [6.07, 6.45) is -0.408. The Kier molecular flexibility index (Phi) is 7.73. The van der Waals surface area contributed by atoms with Crippen LogP contribution in [0.15, 0.2) is 30.3 Å². The fourth-order valence-corrected chi connectivity index (χ4v) is 2.23. The molecule has 0 saturated carbocycles. The van der Waals surface area contributed by atoms with Crippen LogP contribution in [-0.2, 0) is 16.1 Å². The predicted octanol–water partition coefficient (Wildman–Crippen LogP) is 0.835. The van der Waals surface area contributed by atoms with E-state index < -0.39 is 6.09 Å². The van der Waals surface area contributed by atoms with Crippen LogP contribution in [0.5, 0.6) is 0 Å². The van der Waals surface area contributed by atoms with Crippen molar-refractivity contribution in [2.75, 3.05) is 52.5 Å². The summed E-state index contributed by atoms with van der Waals surface area (Å²) >= 11 is 0. The normalized spacial score (nSPS) is 15.5. The van der Waals surface area contributed by atoms with Crippen LogP contribution in [0.25, 0.3) is 0 Å². The van der Waals surface area contributed by atoms with Crippen molar-refractivity contribution in [3.63, 3.8) is 0 Å². The Bertz CT molecular complexity index is 422. The number of hydrogen-bond acceptors (Lipinski definition) is 5. The number of benzene rings is 1. The number of amides is 1. The van der Waals surface area contributed by atoms with Gasteiger partial charge in [0.05, 0.1) is 13.2 Å². The Morgan fingerprint density at radius 2 is 1.95 bits per heavy atom. The number of carbonyl (C=O) groups excluding carboxylic acids is 1. The second-order valence-corrected chi connectivity index (χ2v) is 5.19. The standard InChI is InChI=1S/C16H25N3O3/c20-16(22-14-15-4-2-1-3-5-15)18-8-12-21-13-11-19-9-6-17-7-10-19/h1-5,17H,6-14H2,(H,18,20). The smallest absolute Gasteiger partial charge is 0.407 e. The van der Waals surface area contributed by atoms with E-state index in [1.54, 1.807) is 0 Å². The van der Waals surface area contributed by atoms with Crippen molar-refractivity contribution >= 4 is 6.09 Å². The fourth-order valence-electron chi connectivity index (χ4n) is 2.23. The molecule has 1 aliphatic rings. The summed E-state index contributed by atoms with van der Waals surface area (Å²) in [5, 5.41) is 6.00. The molecule has 1 aromatic carbocycles. The molecule has 0 unspecified atom stereocenters. The molecular formula is C16H25N3O3. The van der Waals surface area contributed by atoms with Gasteiger partial charge in [0.2, 0.25) is 0 Å². The number of rotatable bonds is 8. The Morgan fingerprint density at radius 3 is 2.73 bits per heavy atom. The summed E-state index contributed by atoms with van der Waals surface area (Å²) in [6.45, 7) is 7.16. The number of nitrogens with zero attached hydrogens (tertiary/aromatic N) is 1. The van der Waals surface area contributed by atoms with Crippen molar-refractivity contribution in [2.45, 2.75) is 6.61 Å². The molecule has 0 bridgehead atoms. The van der Waals surface area contributed by atoms with Gasteiger partial charge < -0.3 is 20.1 Å². The summed E-state index contributed by atoms with van der Waals surface area (Å²) in [7, 11) is 0. The highest BCUT2D eigenvalue weighted by Gasteiger charge is 2.08. The molecule has 1 heterocycles. The molecule has 1 aliphatic heterocycles. The van der Waals surface area contributed by atoms with Crippen molar-refractivity contribution in [2.24, 2.45) is 0 Å². The largest absolute Gasteiger partial charge is 0.445 e. The molecule has 22 heavy (non-hydrogen) atoms. The molecule has 0 aromatic heterocycles. The number of alkyl carbamates (subject to hydrolysis) is 1. The van der Waals surface area contributed by atoms with Gasteiger partial charge in [0.25, 0.3) is 0 Å². The first-order valence-electron chi connectivity index (χ1n) is 7.80. The lowest BCUT2D eigenvalue weighted by Crippen LogP contribution is -2.44. The third kappa shape index (κ3) is 6.89. The second kappa shape index (κ2) is 10.2. The van der Waals surface area contributed by atoms with E-state index in [2.05, 4.69) is 15.5 Å². The Balaban J connectivity index is 1.43. The maximum absolute atomic E-state index is 11.5. The monoisotopic (exact) mass is 307 g/mol. The maximum Gasteiger partial charge on any atom is 0.407 e. The zero-order valence-electron chi connectivity index (χ0n) is 12.9. The average Bonchev–Trinajstić information content (AvgIpc) is 2.58. The van der Waals surface area contributed by atoms with Gasteiger partial charge in [0.1, 0.15) is 6.61 Å². The number of hydrogen-bond donors (Lipinski definition) is 2. The van der Waals surface area contributed by atoms with Crippen LogP contribution in [0.1, 0.15) is 5.56 Å². The Labute approximate surface area is 131 Å². The van der Waals surface area contributed by atoms with Crippen LogP contribution in [0, 0.1) is 0 Å². The molecule has 0 spiro atoms. The minimum absolute atomic E-state index is 0.288. The van der Waals surface area contributed by atoms with Crippen LogP contribution in [0.2, 0.25) is 0 Å². The van der Waals surface area contributed by atoms with Crippen LogP contribution < -0.4 is 10.6 Å².